The van der Waals surface area contributed by atoms with Crippen LogP contribution in [-0.4, -0.2) is 30.8 Å². The third-order valence-corrected chi connectivity index (χ3v) is 3.67. The van der Waals surface area contributed by atoms with Gasteiger partial charge in [0.25, 0.3) is 0 Å². The monoisotopic (exact) mass is 263 g/mol. The summed E-state index contributed by atoms with van der Waals surface area (Å²) >= 11 is 0. The summed E-state index contributed by atoms with van der Waals surface area (Å²) in [7, 11) is 0. The molecule has 0 spiro atoms. The molecule has 1 heterocycles. The number of esters is 1. The van der Waals surface area contributed by atoms with Crippen LogP contribution >= 0.6 is 0 Å². The maximum atomic E-state index is 12.0. The molecule has 3 atom stereocenters. The molecular formula is C15H21NO3. The lowest BCUT2D eigenvalue weighted by atomic mass is 9.80. The van der Waals surface area contributed by atoms with Crippen molar-refractivity contribution >= 4 is 5.97 Å². The van der Waals surface area contributed by atoms with Gasteiger partial charge in [0.15, 0.2) is 0 Å². The topological polar surface area (TPSA) is 58.6 Å². The van der Waals surface area contributed by atoms with Gasteiger partial charge in [0.1, 0.15) is 0 Å². The molecule has 1 aromatic rings. The summed E-state index contributed by atoms with van der Waals surface area (Å²) in [5.74, 6) is -0.568. The Kier molecular flexibility index (Phi) is 4.93. The van der Waals surface area contributed by atoms with Crippen LogP contribution in [-0.2, 0) is 9.53 Å². The van der Waals surface area contributed by atoms with Crippen molar-refractivity contribution in [1.82, 2.24) is 5.32 Å². The average Bonchev–Trinajstić information content (AvgIpc) is 2.47. The number of nitrogens with one attached hydrogen (secondary N) is 1. The number of carbonyl (C=O) groups is 1. The van der Waals surface area contributed by atoms with Crippen LogP contribution in [0.1, 0.15) is 25.0 Å². The molecule has 1 aliphatic rings. The highest BCUT2D eigenvalue weighted by Gasteiger charge is 2.36. The van der Waals surface area contributed by atoms with Gasteiger partial charge in [-0.25, -0.2) is 0 Å². The van der Waals surface area contributed by atoms with Crippen molar-refractivity contribution in [3.05, 3.63) is 35.9 Å². The van der Waals surface area contributed by atoms with Crippen molar-refractivity contribution in [2.24, 2.45) is 11.8 Å². The lowest BCUT2D eigenvalue weighted by Gasteiger charge is -2.33. The summed E-state index contributed by atoms with van der Waals surface area (Å²) in [5.41, 5.74) is 0.865. The molecule has 2 N–H and O–H groups in total. The largest absolute Gasteiger partial charge is 0.466 e. The average molecular weight is 263 g/mol. The minimum absolute atomic E-state index is 0.0808. The van der Waals surface area contributed by atoms with E-state index in [0.717, 1.165) is 18.5 Å². The molecule has 19 heavy (non-hydrogen) atoms. The van der Waals surface area contributed by atoms with Gasteiger partial charge in [-0.1, -0.05) is 30.3 Å². The summed E-state index contributed by atoms with van der Waals surface area (Å²) < 4.78 is 5.11. The number of ether oxygens (including phenoxy) is 1. The number of hydrogen-bond acceptors (Lipinski definition) is 4. The van der Waals surface area contributed by atoms with Crippen LogP contribution < -0.4 is 5.32 Å². The fourth-order valence-electron chi connectivity index (χ4n) is 2.66. The van der Waals surface area contributed by atoms with E-state index in [1.165, 1.54) is 0 Å². The zero-order valence-corrected chi connectivity index (χ0v) is 11.2. The quantitative estimate of drug-likeness (QED) is 0.808. The number of benzene rings is 1. The standard InChI is InChI=1S/C15H21NO3/c1-2-19-15(18)13-10-16-9-8-12(13)14(17)11-6-4-3-5-7-11/h3-7,12-14,16-17H,2,8-10H2,1H3. The minimum atomic E-state index is -0.613. The van der Waals surface area contributed by atoms with Crippen molar-refractivity contribution in [2.45, 2.75) is 19.4 Å². The molecule has 3 unspecified atom stereocenters. The minimum Gasteiger partial charge on any atom is -0.466 e. The SMILES string of the molecule is CCOC(=O)C1CNCCC1C(O)c1ccccc1. The van der Waals surface area contributed by atoms with Gasteiger partial charge in [0.2, 0.25) is 0 Å². The molecule has 0 bridgehead atoms. The zero-order chi connectivity index (χ0) is 13.7. The molecule has 0 amide bonds. The molecule has 0 radical (unpaired) electrons. The van der Waals surface area contributed by atoms with Crippen molar-refractivity contribution in [3.63, 3.8) is 0 Å². The summed E-state index contributed by atoms with van der Waals surface area (Å²) in [5, 5.41) is 13.7. The number of aliphatic hydroxyl groups excluding tert-OH is 1. The van der Waals surface area contributed by atoms with E-state index < -0.39 is 6.10 Å². The first-order valence-corrected chi connectivity index (χ1v) is 6.84. The number of rotatable bonds is 4. The van der Waals surface area contributed by atoms with E-state index in [0.29, 0.717) is 13.2 Å². The first-order valence-electron chi connectivity index (χ1n) is 6.84. The van der Waals surface area contributed by atoms with Gasteiger partial charge < -0.3 is 15.2 Å². The number of hydrogen-bond donors (Lipinski definition) is 2. The Balaban J connectivity index is 2.13. The van der Waals surface area contributed by atoms with Crippen molar-refractivity contribution in [3.8, 4) is 0 Å². The predicted molar refractivity (Wildman–Crippen MR) is 72.5 cm³/mol. The normalized spacial score (nSPS) is 24.7. The molecular weight excluding hydrogens is 242 g/mol. The van der Waals surface area contributed by atoms with Crippen molar-refractivity contribution < 1.29 is 14.6 Å². The fraction of sp³-hybridized carbons (Fsp3) is 0.533. The van der Waals surface area contributed by atoms with E-state index in [9.17, 15) is 9.90 Å². The molecule has 0 aromatic heterocycles. The fourth-order valence-corrected chi connectivity index (χ4v) is 2.66. The highest BCUT2D eigenvalue weighted by atomic mass is 16.5. The maximum absolute atomic E-state index is 12.0. The Morgan fingerprint density at radius 1 is 1.47 bits per heavy atom. The van der Waals surface area contributed by atoms with Crippen LogP contribution in [0.5, 0.6) is 0 Å². The highest BCUT2D eigenvalue weighted by Crippen LogP contribution is 2.33. The van der Waals surface area contributed by atoms with Crippen molar-refractivity contribution in [2.75, 3.05) is 19.7 Å². The van der Waals surface area contributed by atoms with E-state index in [-0.39, 0.29) is 17.8 Å². The Bertz CT molecular complexity index is 407. The van der Waals surface area contributed by atoms with E-state index in [4.69, 9.17) is 4.74 Å². The lowest BCUT2D eigenvalue weighted by molar-refractivity contribution is -0.152. The van der Waals surface area contributed by atoms with Crippen LogP contribution in [0.3, 0.4) is 0 Å². The Morgan fingerprint density at radius 3 is 2.89 bits per heavy atom. The Labute approximate surface area is 113 Å². The second kappa shape index (κ2) is 6.68. The second-order valence-corrected chi connectivity index (χ2v) is 4.87. The summed E-state index contributed by atoms with van der Waals surface area (Å²) in [6.45, 7) is 3.58. The van der Waals surface area contributed by atoms with E-state index in [1.807, 2.05) is 30.3 Å². The predicted octanol–water partition coefficient (Wildman–Crippen LogP) is 1.51. The van der Waals surface area contributed by atoms with E-state index >= 15 is 0 Å². The molecule has 0 aliphatic carbocycles. The van der Waals surface area contributed by atoms with Crippen LogP contribution in [0.2, 0.25) is 0 Å². The smallest absolute Gasteiger partial charge is 0.310 e. The molecule has 1 aromatic carbocycles. The van der Waals surface area contributed by atoms with Crippen LogP contribution in [0.25, 0.3) is 0 Å². The summed E-state index contributed by atoms with van der Waals surface area (Å²) in [4.78, 5) is 12.0. The maximum Gasteiger partial charge on any atom is 0.310 e. The Hall–Kier alpha value is -1.39. The van der Waals surface area contributed by atoms with Gasteiger partial charge in [0, 0.05) is 12.5 Å². The zero-order valence-electron chi connectivity index (χ0n) is 11.2. The molecule has 2 rings (SSSR count). The van der Waals surface area contributed by atoms with Crippen LogP contribution in [0.4, 0.5) is 0 Å². The van der Waals surface area contributed by atoms with Gasteiger partial charge >= 0.3 is 5.97 Å². The third-order valence-electron chi connectivity index (χ3n) is 3.67. The molecule has 0 saturated carbocycles. The first-order chi connectivity index (χ1) is 9.24. The molecule has 1 fully saturated rings. The number of piperidine rings is 1. The van der Waals surface area contributed by atoms with E-state index in [2.05, 4.69) is 5.32 Å². The third kappa shape index (κ3) is 3.33. The molecule has 1 aliphatic heterocycles. The van der Waals surface area contributed by atoms with Gasteiger partial charge in [0.05, 0.1) is 18.6 Å². The number of aliphatic hydroxyl groups is 1. The van der Waals surface area contributed by atoms with Gasteiger partial charge in [-0.3, -0.25) is 4.79 Å². The van der Waals surface area contributed by atoms with Gasteiger partial charge in [-0.05, 0) is 25.5 Å². The van der Waals surface area contributed by atoms with Crippen molar-refractivity contribution in [1.29, 1.82) is 0 Å². The molecule has 1 saturated heterocycles. The first kappa shape index (κ1) is 14.0. The lowest BCUT2D eigenvalue weighted by Crippen LogP contribution is -2.43. The van der Waals surface area contributed by atoms with Crippen LogP contribution in [0.15, 0.2) is 30.3 Å². The summed E-state index contributed by atoms with van der Waals surface area (Å²) in [6.07, 6.45) is 0.164. The molecule has 104 valence electrons. The second-order valence-electron chi connectivity index (χ2n) is 4.87. The van der Waals surface area contributed by atoms with Crippen LogP contribution in [0, 0.1) is 11.8 Å². The number of carbonyl (C=O) groups excluding carboxylic acids is 1. The Morgan fingerprint density at radius 2 is 2.21 bits per heavy atom. The molecule has 4 heteroatoms. The summed E-state index contributed by atoms with van der Waals surface area (Å²) in [6, 6.07) is 9.52. The highest BCUT2D eigenvalue weighted by molar-refractivity contribution is 5.73. The van der Waals surface area contributed by atoms with E-state index in [1.54, 1.807) is 6.92 Å². The van der Waals surface area contributed by atoms with Gasteiger partial charge in [-0.15, -0.1) is 0 Å². The molecule has 4 nitrogen and oxygen atoms in total. The van der Waals surface area contributed by atoms with Gasteiger partial charge in [-0.2, -0.15) is 0 Å².